The van der Waals surface area contributed by atoms with Gasteiger partial charge in [-0.15, -0.1) is 0 Å². The van der Waals surface area contributed by atoms with Gasteiger partial charge in [0.15, 0.2) is 6.29 Å². The average Bonchev–Trinajstić information content (AvgIpc) is 2.15. The standard InChI is InChI=1S/C10H23O5P/c1-8(2)14-10(15-9(3)4)6-7-13-16(11)12-5/h8-10,16H,6-7H2,1-5H3. The van der Waals surface area contributed by atoms with Crippen molar-refractivity contribution in [3.63, 3.8) is 0 Å². The first-order valence-electron chi connectivity index (χ1n) is 5.47. The highest BCUT2D eigenvalue weighted by Crippen LogP contribution is 2.22. The van der Waals surface area contributed by atoms with Gasteiger partial charge in [0.2, 0.25) is 0 Å². The van der Waals surface area contributed by atoms with Crippen molar-refractivity contribution < 1.29 is 23.1 Å². The molecule has 5 nitrogen and oxygen atoms in total. The smallest absolute Gasteiger partial charge is 0.318 e. The summed E-state index contributed by atoms with van der Waals surface area (Å²) in [4.78, 5) is 0. The van der Waals surface area contributed by atoms with Crippen molar-refractivity contribution >= 4 is 8.25 Å². The molecule has 1 unspecified atom stereocenters. The molecule has 0 rings (SSSR count). The van der Waals surface area contributed by atoms with E-state index in [1.807, 2.05) is 27.7 Å². The van der Waals surface area contributed by atoms with Gasteiger partial charge in [0.25, 0.3) is 0 Å². The van der Waals surface area contributed by atoms with E-state index in [0.29, 0.717) is 13.0 Å². The van der Waals surface area contributed by atoms with Gasteiger partial charge in [-0.05, 0) is 27.7 Å². The minimum absolute atomic E-state index is 0.0863. The molecule has 0 aliphatic carbocycles. The van der Waals surface area contributed by atoms with Crippen LogP contribution in [0.25, 0.3) is 0 Å². The topological polar surface area (TPSA) is 54.0 Å². The maximum atomic E-state index is 10.9. The molecule has 1 atom stereocenters. The first kappa shape index (κ1) is 16.1. The molecule has 0 aromatic carbocycles. The Morgan fingerprint density at radius 2 is 1.56 bits per heavy atom. The Hall–Kier alpha value is 0.0700. The summed E-state index contributed by atoms with van der Waals surface area (Å²) in [5, 5.41) is 0. The van der Waals surface area contributed by atoms with Crippen LogP contribution in [-0.2, 0) is 23.1 Å². The van der Waals surface area contributed by atoms with Gasteiger partial charge in [-0.1, -0.05) is 0 Å². The summed E-state index contributed by atoms with van der Waals surface area (Å²) < 4.78 is 31.5. The van der Waals surface area contributed by atoms with Gasteiger partial charge in [-0.25, -0.2) is 0 Å². The summed E-state index contributed by atoms with van der Waals surface area (Å²) in [6.45, 7) is 8.06. The molecule has 16 heavy (non-hydrogen) atoms. The summed E-state index contributed by atoms with van der Waals surface area (Å²) in [6, 6.07) is 0. The van der Waals surface area contributed by atoms with Crippen molar-refractivity contribution in [2.24, 2.45) is 0 Å². The van der Waals surface area contributed by atoms with Gasteiger partial charge in [-0.2, -0.15) is 0 Å². The van der Waals surface area contributed by atoms with Crippen LogP contribution >= 0.6 is 8.25 Å². The van der Waals surface area contributed by atoms with Gasteiger partial charge in [0.05, 0.1) is 18.8 Å². The lowest BCUT2D eigenvalue weighted by Gasteiger charge is -2.22. The predicted octanol–water partition coefficient (Wildman–Crippen LogP) is 2.61. The van der Waals surface area contributed by atoms with E-state index in [2.05, 4.69) is 4.52 Å². The zero-order valence-corrected chi connectivity index (χ0v) is 11.7. The molecule has 0 bridgehead atoms. The molecule has 0 aromatic rings. The van der Waals surface area contributed by atoms with Crippen LogP contribution in [0.3, 0.4) is 0 Å². The van der Waals surface area contributed by atoms with Crippen LogP contribution in [0, 0.1) is 0 Å². The summed E-state index contributed by atoms with van der Waals surface area (Å²) >= 11 is 0. The molecule has 0 aliphatic rings. The Labute approximate surface area is 98.4 Å². The second-order valence-electron chi connectivity index (χ2n) is 3.89. The second-order valence-corrected chi connectivity index (χ2v) is 5.09. The third-order valence-electron chi connectivity index (χ3n) is 1.59. The van der Waals surface area contributed by atoms with Crippen molar-refractivity contribution in [3.8, 4) is 0 Å². The zero-order valence-electron chi connectivity index (χ0n) is 10.7. The fourth-order valence-corrected chi connectivity index (χ4v) is 1.48. The Balaban J connectivity index is 3.86. The molecule has 98 valence electrons. The SMILES string of the molecule is CO[PH](=O)OCCC(OC(C)C)OC(C)C. The van der Waals surface area contributed by atoms with Crippen molar-refractivity contribution in [1.82, 2.24) is 0 Å². The van der Waals surface area contributed by atoms with Crippen molar-refractivity contribution in [3.05, 3.63) is 0 Å². The molecular formula is C10H23O5P. The molecule has 0 radical (unpaired) electrons. The lowest BCUT2D eigenvalue weighted by atomic mass is 10.4. The molecule has 0 heterocycles. The molecule has 0 aromatic heterocycles. The van der Waals surface area contributed by atoms with E-state index in [-0.39, 0.29) is 18.5 Å². The Bertz CT molecular complexity index is 186. The Kier molecular flexibility index (Phi) is 9.18. The summed E-state index contributed by atoms with van der Waals surface area (Å²) in [6.07, 6.45) is 0.383. The summed E-state index contributed by atoms with van der Waals surface area (Å²) in [7, 11) is -0.987. The van der Waals surface area contributed by atoms with Crippen LogP contribution in [-0.4, -0.2) is 32.2 Å². The van der Waals surface area contributed by atoms with Crippen LogP contribution in [0.1, 0.15) is 34.1 Å². The number of rotatable bonds is 9. The third kappa shape index (κ3) is 9.31. The van der Waals surface area contributed by atoms with E-state index in [0.717, 1.165) is 0 Å². The zero-order chi connectivity index (χ0) is 12.6. The highest BCUT2D eigenvalue weighted by atomic mass is 31.1. The second kappa shape index (κ2) is 9.14. The lowest BCUT2D eigenvalue weighted by Crippen LogP contribution is -2.25. The Morgan fingerprint density at radius 3 is 1.94 bits per heavy atom. The average molecular weight is 254 g/mol. The maximum Gasteiger partial charge on any atom is 0.318 e. The lowest BCUT2D eigenvalue weighted by molar-refractivity contribution is -0.186. The van der Waals surface area contributed by atoms with Crippen LogP contribution in [0.2, 0.25) is 0 Å². The first-order valence-corrected chi connectivity index (χ1v) is 6.69. The normalized spacial score (nSPS) is 14.0. The minimum atomic E-state index is -2.34. The van der Waals surface area contributed by atoms with Crippen molar-refractivity contribution in [1.29, 1.82) is 0 Å². The molecule has 0 spiro atoms. The van der Waals surface area contributed by atoms with Gasteiger partial charge >= 0.3 is 8.25 Å². The van der Waals surface area contributed by atoms with Crippen LogP contribution in [0.4, 0.5) is 0 Å². The van der Waals surface area contributed by atoms with E-state index in [1.165, 1.54) is 7.11 Å². The number of hydrogen-bond donors (Lipinski definition) is 0. The Morgan fingerprint density at radius 1 is 1.06 bits per heavy atom. The quantitative estimate of drug-likeness (QED) is 0.467. The van der Waals surface area contributed by atoms with E-state index >= 15 is 0 Å². The third-order valence-corrected chi connectivity index (χ3v) is 2.36. The summed E-state index contributed by atoms with van der Waals surface area (Å²) in [5.41, 5.74) is 0. The molecule has 0 saturated carbocycles. The molecular weight excluding hydrogens is 231 g/mol. The van der Waals surface area contributed by atoms with E-state index < -0.39 is 8.25 Å². The molecule has 6 heteroatoms. The summed E-state index contributed by atoms with van der Waals surface area (Å²) in [5.74, 6) is 0. The van der Waals surface area contributed by atoms with Gasteiger partial charge in [0, 0.05) is 13.5 Å². The van der Waals surface area contributed by atoms with Crippen LogP contribution in [0.15, 0.2) is 0 Å². The van der Waals surface area contributed by atoms with E-state index in [4.69, 9.17) is 14.0 Å². The maximum absolute atomic E-state index is 10.9. The fourth-order valence-electron chi connectivity index (χ4n) is 1.07. The largest absolute Gasteiger partial charge is 0.350 e. The first-order chi connectivity index (χ1) is 7.45. The fraction of sp³-hybridized carbons (Fsp3) is 1.00. The van der Waals surface area contributed by atoms with Gasteiger partial charge in [-0.3, -0.25) is 4.57 Å². The molecule has 0 amide bonds. The van der Waals surface area contributed by atoms with E-state index in [1.54, 1.807) is 0 Å². The van der Waals surface area contributed by atoms with E-state index in [9.17, 15) is 4.57 Å². The molecule has 0 saturated heterocycles. The highest BCUT2D eigenvalue weighted by Gasteiger charge is 2.13. The molecule has 0 fully saturated rings. The predicted molar refractivity (Wildman–Crippen MR) is 62.8 cm³/mol. The van der Waals surface area contributed by atoms with Crippen molar-refractivity contribution in [2.75, 3.05) is 13.7 Å². The number of hydrogen-bond acceptors (Lipinski definition) is 5. The molecule has 0 N–H and O–H groups in total. The van der Waals surface area contributed by atoms with Gasteiger partial charge < -0.3 is 18.5 Å². The minimum Gasteiger partial charge on any atom is -0.350 e. The monoisotopic (exact) mass is 254 g/mol. The highest BCUT2D eigenvalue weighted by molar-refractivity contribution is 7.33. The molecule has 0 aliphatic heterocycles. The van der Waals surface area contributed by atoms with Crippen LogP contribution < -0.4 is 0 Å². The van der Waals surface area contributed by atoms with Crippen molar-refractivity contribution in [2.45, 2.75) is 52.6 Å². The van der Waals surface area contributed by atoms with Gasteiger partial charge in [0.1, 0.15) is 0 Å². The van der Waals surface area contributed by atoms with Crippen LogP contribution in [0.5, 0.6) is 0 Å². The number of ether oxygens (including phenoxy) is 2.